The zero-order valence-electron chi connectivity index (χ0n) is 8.80. The molecule has 90 valence electrons. The predicted molar refractivity (Wildman–Crippen MR) is 60.6 cm³/mol. The van der Waals surface area contributed by atoms with Crippen LogP contribution in [0.3, 0.4) is 0 Å². The fourth-order valence-corrected chi connectivity index (χ4v) is 1.27. The van der Waals surface area contributed by atoms with Gasteiger partial charge in [-0.25, -0.2) is 5.84 Å². The van der Waals surface area contributed by atoms with Gasteiger partial charge >= 0.3 is 0 Å². The molecule has 1 aromatic rings. The van der Waals surface area contributed by atoms with Crippen LogP contribution in [0.15, 0.2) is 6.07 Å². The normalized spacial score (nSPS) is 10.2. The minimum absolute atomic E-state index is 0.0463. The molecule has 0 saturated carbocycles. The van der Waals surface area contributed by atoms with Crippen molar-refractivity contribution in [2.24, 2.45) is 5.84 Å². The molecule has 8 nitrogen and oxygen atoms in total. The van der Waals surface area contributed by atoms with Crippen molar-refractivity contribution in [2.45, 2.75) is 0 Å². The molecule has 0 amide bonds. The smallest absolute Gasteiger partial charge is 0.223 e. The van der Waals surface area contributed by atoms with E-state index < -0.39 is 0 Å². The molecule has 0 unspecified atom stereocenters. The molecule has 8 heteroatoms. The van der Waals surface area contributed by atoms with Gasteiger partial charge < -0.3 is 26.3 Å². The summed E-state index contributed by atoms with van der Waals surface area (Å²) in [6.07, 6.45) is 0. The van der Waals surface area contributed by atoms with Crippen LogP contribution >= 0.6 is 0 Å². The topological polar surface area (TPSA) is 134 Å². The van der Waals surface area contributed by atoms with Gasteiger partial charge in [-0.15, -0.1) is 0 Å². The lowest BCUT2D eigenvalue weighted by Crippen LogP contribution is -2.31. The number of hydrogen-bond donors (Lipinski definition) is 5. The standard InChI is InChI=1S/C8H16N6O2/c9-8-11-6(13-10)5-7(12-8)14(1-3-15)2-4-16/h5,15-16H,1-4,10H2,(H3,9,11,12,13). The third kappa shape index (κ3) is 3.19. The van der Waals surface area contributed by atoms with Crippen LogP contribution in [0.25, 0.3) is 0 Å². The minimum Gasteiger partial charge on any atom is -0.395 e. The van der Waals surface area contributed by atoms with Gasteiger partial charge in [0.15, 0.2) is 0 Å². The molecule has 0 spiro atoms. The van der Waals surface area contributed by atoms with Crippen LogP contribution in [0, 0.1) is 0 Å². The summed E-state index contributed by atoms with van der Waals surface area (Å²) in [7, 11) is 0. The van der Waals surface area contributed by atoms with Gasteiger partial charge in [0.25, 0.3) is 0 Å². The van der Waals surface area contributed by atoms with Crippen molar-refractivity contribution in [3.05, 3.63) is 6.07 Å². The lowest BCUT2D eigenvalue weighted by Gasteiger charge is -2.22. The third-order valence-corrected chi connectivity index (χ3v) is 1.94. The molecule has 7 N–H and O–H groups in total. The van der Waals surface area contributed by atoms with Gasteiger partial charge in [-0.3, -0.25) is 0 Å². The second kappa shape index (κ2) is 6.05. The Morgan fingerprint density at radius 1 is 1.25 bits per heavy atom. The number of nitrogens with one attached hydrogen (secondary N) is 1. The molecule has 0 aliphatic rings. The number of hydrazine groups is 1. The van der Waals surface area contributed by atoms with E-state index in [0.29, 0.717) is 24.7 Å². The van der Waals surface area contributed by atoms with Crippen molar-refractivity contribution in [1.29, 1.82) is 0 Å². The van der Waals surface area contributed by atoms with Crippen LogP contribution in [-0.4, -0.2) is 46.5 Å². The highest BCUT2D eigenvalue weighted by atomic mass is 16.3. The van der Waals surface area contributed by atoms with Crippen LogP contribution in [0.5, 0.6) is 0 Å². The Hall–Kier alpha value is -1.64. The Kier molecular flexibility index (Phi) is 4.70. The van der Waals surface area contributed by atoms with Crippen molar-refractivity contribution < 1.29 is 10.2 Å². The van der Waals surface area contributed by atoms with E-state index in [0.717, 1.165) is 0 Å². The lowest BCUT2D eigenvalue weighted by molar-refractivity contribution is 0.280. The fraction of sp³-hybridized carbons (Fsp3) is 0.500. The van der Waals surface area contributed by atoms with Gasteiger partial charge in [0.2, 0.25) is 5.95 Å². The Bertz CT molecular complexity index is 328. The van der Waals surface area contributed by atoms with E-state index in [1.807, 2.05) is 0 Å². The minimum atomic E-state index is -0.0463. The Morgan fingerprint density at radius 3 is 2.38 bits per heavy atom. The van der Waals surface area contributed by atoms with Crippen molar-refractivity contribution >= 4 is 17.6 Å². The zero-order valence-corrected chi connectivity index (χ0v) is 8.80. The number of aliphatic hydroxyl groups excluding tert-OH is 2. The van der Waals surface area contributed by atoms with E-state index in [1.165, 1.54) is 0 Å². The largest absolute Gasteiger partial charge is 0.395 e. The summed E-state index contributed by atoms with van der Waals surface area (Å²) in [5, 5.41) is 17.8. The summed E-state index contributed by atoms with van der Waals surface area (Å²) in [5.41, 5.74) is 7.86. The van der Waals surface area contributed by atoms with Crippen LogP contribution in [-0.2, 0) is 0 Å². The number of rotatable bonds is 6. The second-order valence-corrected chi connectivity index (χ2v) is 3.05. The van der Waals surface area contributed by atoms with Crippen LogP contribution < -0.4 is 21.9 Å². The molecular formula is C8H16N6O2. The highest BCUT2D eigenvalue weighted by Crippen LogP contribution is 2.15. The number of nitrogens with two attached hydrogens (primary N) is 2. The van der Waals surface area contributed by atoms with Gasteiger partial charge in [-0.05, 0) is 0 Å². The lowest BCUT2D eigenvalue weighted by atomic mass is 10.4. The van der Waals surface area contributed by atoms with Crippen LogP contribution in [0.4, 0.5) is 17.6 Å². The average Bonchev–Trinajstić information content (AvgIpc) is 2.28. The van der Waals surface area contributed by atoms with E-state index in [9.17, 15) is 0 Å². The first-order valence-electron chi connectivity index (χ1n) is 4.79. The first-order valence-corrected chi connectivity index (χ1v) is 4.79. The van der Waals surface area contributed by atoms with Crippen LogP contribution in [0.1, 0.15) is 0 Å². The maximum atomic E-state index is 8.88. The number of hydrogen-bond acceptors (Lipinski definition) is 8. The number of anilines is 3. The predicted octanol–water partition coefficient (Wildman–Crippen LogP) is -1.86. The van der Waals surface area contributed by atoms with Gasteiger partial charge in [-0.2, -0.15) is 9.97 Å². The monoisotopic (exact) mass is 228 g/mol. The van der Waals surface area contributed by atoms with E-state index >= 15 is 0 Å². The summed E-state index contributed by atoms with van der Waals surface area (Å²) in [5.74, 6) is 6.18. The Labute approximate surface area is 92.9 Å². The van der Waals surface area contributed by atoms with E-state index in [2.05, 4.69) is 15.4 Å². The molecule has 1 heterocycles. The molecule has 0 aliphatic carbocycles. The number of nitrogen functional groups attached to an aromatic ring is 2. The van der Waals surface area contributed by atoms with Crippen LogP contribution in [0.2, 0.25) is 0 Å². The molecule has 16 heavy (non-hydrogen) atoms. The first kappa shape index (κ1) is 12.4. The highest BCUT2D eigenvalue weighted by molar-refractivity contribution is 5.52. The molecular weight excluding hydrogens is 212 g/mol. The molecule has 1 rings (SSSR count). The summed E-state index contributed by atoms with van der Waals surface area (Å²) in [4.78, 5) is 9.51. The number of nitrogens with zero attached hydrogens (tertiary/aromatic N) is 3. The van der Waals surface area contributed by atoms with Gasteiger partial charge in [0.1, 0.15) is 11.6 Å². The SMILES string of the molecule is NNc1cc(N(CCO)CCO)nc(N)n1. The maximum absolute atomic E-state index is 8.88. The molecule has 0 radical (unpaired) electrons. The zero-order chi connectivity index (χ0) is 12.0. The van der Waals surface area contributed by atoms with Gasteiger partial charge in [0, 0.05) is 19.2 Å². The molecule has 0 aliphatic heterocycles. The number of aromatic nitrogens is 2. The average molecular weight is 228 g/mol. The fourth-order valence-electron chi connectivity index (χ4n) is 1.27. The molecule has 0 bridgehead atoms. The van der Waals surface area contributed by atoms with Gasteiger partial charge in [0.05, 0.1) is 13.2 Å². The van der Waals surface area contributed by atoms with Crippen molar-refractivity contribution in [2.75, 3.05) is 42.4 Å². The second-order valence-electron chi connectivity index (χ2n) is 3.05. The number of aliphatic hydroxyl groups is 2. The highest BCUT2D eigenvalue weighted by Gasteiger charge is 2.09. The summed E-state index contributed by atoms with van der Waals surface area (Å²) >= 11 is 0. The Morgan fingerprint density at radius 2 is 1.88 bits per heavy atom. The molecule has 0 aromatic carbocycles. The molecule has 0 fully saturated rings. The first-order chi connectivity index (χ1) is 7.71. The maximum Gasteiger partial charge on any atom is 0.223 e. The van der Waals surface area contributed by atoms with Crippen molar-refractivity contribution in [3.8, 4) is 0 Å². The van der Waals surface area contributed by atoms with Crippen molar-refractivity contribution in [3.63, 3.8) is 0 Å². The third-order valence-electron chi connectivity index (χ3n) is 1.94. The summed E-state index contributed by atoms with van der Waals surface area (Å²) in [6.45, 7) is 0.604. The Balaban J connectivity index is 2.93. The molecule has 1 aromatic heterocycles. The van der Waals surface area contributed by atoms with E-state index in [4.69, 9.17) is 21.8 Å². The summed E-state index contributed by atoms with van der Waals surface area (Å²) < 4.78 is 0. The summed E-state index contributed by atoms with van der Waals surface area (Å²) in [6, 6.07) is 1.58. The molecule has 0 saturated heterocycles. The van der Waals surface area contributed by atoms with E-state index in [1.54, 1.807) is 11.0 Å². The molecule has 0 atom stereocenters. The van der Waals surface area contributed by atoms with Gasteiger partial charge in [-0.1, -0.05) is 0 Å². The van der Waals surface area contributed by atoms with E-state index in [-0.39, 0.29) is 19.2 Å². The quantitative estimate of drug-likeness (QED) is 0.282. The van der Waals surface area contributed by atoms with Crippen molar-refractivity contribution in [1.82, 2.24) is 9.97 Å².